The molecule has 150 valence electrons. The predicted molar refractivity (Wildman–Crippen MR) is 110 cm³/mol. The molecule has 0 amide bonds. The van der Waals surface area contributed by atoms with Gasteiger partial charge in [-0.15, -0.1) is 11.6 Å². The SMILES string of the molecule is CCCCCCCCCCCCCCCC(=O)OCCCCC(C)Cl. The molecule has 3 heteroatoms. The molecule has 0 aliphatic carbocycles. The molecule has 1 unspecified atom stereocenters. The Bertz CT molecular complexity index is 279. The summed E-state index contributed by atoms with van der Waals surface area (Å²) >= 11 is 5.88. The zero-order valence-corrected chi connectivity index (χ0v) is 17.8. The van der Waals surface area contributed by atoms with Crippen molar-refractivity contribution in [1.29, 1.82) is 0 Å². The third kappa shape index (κ3) is 21.7. The number of ether oxygens (including phenoxy) is 1. The van der Waals surface area contributed by atoms with E-state index in [0.717, 1.165) is 32.1 Å². The van der Waals surface area contributed by atoms with Crippen LogP contribution in [0.1, 0.15) is 123 Å². The Morgan fingerprint density at radius 3 is 1.72 bits per heavy atom. The molecule has 0 aromatic rings. The van der Waals surface area contributed by atoms with Crippen molar-refractivity contribution in [2.75, 3.05) is 6.61 Å². The maximum absolute atomic E-state index is 11.6. The lowest BCUT2D eigenvalue weighted by Gasteiger charge is -2.06. The zero-order chi connectivity index (χ0) is 18.6. The van der Waals surface area contributed by atoms with E-state index in [2.05, 4.69) is 6.92 Å². The molecule has 25 heavy (non-hydrogen) atoms. The van der Waals surface area contributed by atoms with Crippen LogP contribution in [0.2, 0.25) is 0 Å². The molecule has 2 nitrogen and oxygen atoms in total. The first-order valence-electron chi connectivity index (χ1n) is 11.0. The third-order valence-corrected chi connectivity index (χ3v) is 4.96. The summed E-state index contributed by atoms with van der Waals surface area (Å²) in [4.78, 5) is 11.6. The Morgan fingerprint density at radius 1 is 0.760 bits per heavy atom. The third-order valence-electron chi connectivity index (χ3n) is 4.74. The van der Waals surface area contributed by atoms with E-state index < -0.39 is 0 Å². The molecule has 0 bridgehead atoms. The van der Waals surface area contributed by atoms with Crippen molar-refractivity contribution in [3.8, 4) is 0 Å². The standard InChI is InChI=1S/C22H43ClO2/c1-3-4-5-6-7-8-9-10-11-12-13-14-15-19-22(24)25-20-17-16-18-21(2)23/h21H,3-20H2,1-2H3. The van der Waals surface area contributed by atoms with Gasteiger partial charge in [0, 0.05) is 11.8 Å². The van der Waals surface area contributed by atoms with Crippen LogP contribution in [0.4, 0.5) is 0 Å². The minimum absolute atomic E-state index is 0.0259. The maximum atomic E-state index is 11.6. The number of esters is 1. The van der Waals surface area contributed by atoms with E-state index >= 15 is 0 Å². The van der Waals surface area contributed by atoms with Crippen LogP contribution in [-0.2, 0) is 9.53 Å². The molecule has 1 atom stereocenters. The normalized spacial score (nSPS) is 12.3. The van der Waals surface area contributed by atoms with Crippen LogP contribution >= 0.6 is 11.6 Å². The molecule has 0 aliphatic heterocycles. The van der Waals surface area contributed by atoms with Gasteiger partial charge in [-0.05, 0) is 32.6 Å². The highest BCUT2D eigenvalue weighted by atomic mass is 35.5. The average molecular weight is 375 g/mol. The summed E-state index contributed by atoms with van der Waals surface area (Å²) in [7, 11) is 0. The quantitative estimate of drug-likeness (QED) is 0.131. The number of rotatable bonds is 19. The summed E-state index contributed by atoms with van der Waals surface area (Å²) in [6.07, 6.45) is 20.9. The first kappa shape index (κ1) is 24.8. The number of hydrogen-bond acceptors (Lipinski definition) is 2. The summed E-state index contributed by atoms with van der Waals surface area (Å²) in [6, 6.07) is 0. The van der Waals surface area contributed by atoms with Gasteiger partial charge in [0.1, 0.15) is 0 Å². The van der Waals surface area contributed by atoms with Crippen LogP contribution in [0, 0.1) is 0 Å². The Morgan fingerprint density at radius 2 is 1.24 bits per heavy atom. The second-order valence-electron chi connectivity index (χ2n) is 7.49. The van der Waals surface area contributed by atoms with Crippen molar-refractivity contribution in [2.45, 2.75) is 128 Å². The number of hydrogen-bond donors (Lipinski definition) is 0. The summed E-state index contributed by atoms with van der Waals surface area (Å²) < 4.78 is 5.25. The minimum Gasteiger partial charge on any atom is -0.466 e. The minimum atomic E-state index is -0.0259. The van der Waals surface area contributed by atoms with Gasteiger partial charge in [-0.3, -0.25) is 4.79 Å². The smallest absolute Gasteiger partial charge is 0.305 e. The van der Waals surface area contributed by atoms with Crippen molar-refractivity contribution < 1.29 is 9.53 Å². The van der Waals surface area contributed by atoms with E-state index in [1.54, 1.807) is 0 Å². The Balaban J connectivity index is 3.13. The second kappa shape index (κ2) is 20.1. The van der Waals surface area contributed by atoms with Crippen LogP contribution in [-0.4, -0.2) is 18.0 Å². The molecule has 0 saturated heterocycles. The molecule has 0 aromatic carbocycles. The molecular weight excluding hydrogens is 332 g/mol. The summed E-state index contributed by atoms with van der Waals surface area (Å²) in [5.41, 5.74) is 0. The van der Waals surface area contributed by atoms with Crippen LogP contribution < -0.4 is 0 Å². The van der Waals surface area contributed by atoms with E-state index in [4.69, 9.17) is 16.3 Å². The maximum Gasteiger partial charge on any atom is 0.305 e. The highest BCUT2D eigenvalue weighted by Gasteiger charge is 2.03. The second-order valence-corrected chi connectivity index (χ2v) is 8.23. The van der Waals surface area contributed by atoms with Gasteiger partial charge in [-0.2, -0.15) is 0 Å². The van der Waals surface area contributed by atoms with Crippen molar-refractivity contribution in [2.24, 2.45) is 0 Å². The van der Waals surface area contributed by atoms with Crippen LogP contribution in [0.3, 0.4) is 0 Å². The molecule has 0 N–H and O–H groups in total. The van der Waals surface area contributed by atoms with E-state index in [0.29, 0.717) is 13.0 Å². The van der Waals surface area contributed by atoms with E-state index in [1.165, 1.54) is 70.6 Å². The number of alkyl halides is 1. The van der Waals surface area contributed by atoms with Gasteiger partial charge < -0.3 is 4.74 Å². The monoisotopic (exact) mass is 374 g/mol. The number of carbonyl (C=O) groups is 1. The van der Waals surface area contributed by atoms with Gasteiger partial charge in [-0.25, -0.2) is 0 Å². The zero-order valence-electron chi connectivity index (χ0n) is 17.0. The summed E-state index contributed by atoms with van der Waals surface area (Å²) in [6.45, 7) is 4.83. The molecule has 0 saturated carbocycles. The fourth-order valence-electron chi connectivity index (χ4n) is 3.07. The van der Waals surface area contributed by atoms with Crippen molar-refractivity contribution in [3.05, 3.63) is 0 Å². The van der Waals surface area contributed by atoms with Crippen LogP contribution in [0.25, 0.3) is 0 Å². The van der Waals surface area contributed by atoms with Gasteiger partial charge in [-0.1, -0.05) is 84.0 Å². The first-order chi connectivity index (χ1) is 12.2. The summed E-state index contributed by atoms with van der Waals surface area (Å²) in [5.74, 6) is -0.0259. The van der Waals surface area contributed by atoms with Gasteiger partial charge >= 0.3 is 5.97 Å². The van der Waals surface area contributed by atoms with Gasteiger partial charge in [0.15, 0.2) is 0 Å². The highest BCUT2D eigenvalue weighted by molar-refractivity contribution is 6.20. The lowest BCUT2D eigenvalue weighted by Crippen LogP contribution is -2.06. The van der Waals surface area contributed by atoms with Crippen LogP contribution in [0.15, 0.2) is 0 Å². The van der Waals surface area contributed by atoms with E-state index in [-0.39, 0.29) is 11.3 Å². The molecule has 0 heterocycles. The molecule has 0 spiro atoms. The predicted octanol–water partition coefficient (Wildman–Crippen LogP) is 7.81. The fourth-order valence-corrected chi connectivity index (χ4v) is 3.23. The van der Waals surface area contributed by atoms with Gasteiger partial charge in [0.2, 0.25) is 0 Å². The van der Waals surface area contributed by atoms with Crippen molar-refractivity contribution in [1.82, 2.24) is 0 Å². The van der Waals surface area contributed by atoms with Crippen molar-refractivity contribution in [3.63, 3.8) is 0 Å². The highest BCUT2D eigenvalue weighted by Crippen LogP contribution is 2.13. The van der Waals surface area contributed by atoms with Gasteiger partial charge in [0.05, 0.1) is 6.61 Å². The largest absolute Gasteiger partial charge is 0.466 e. The molecule has 0 radical (unpaired) electrons. The lowest BCUT2D eigenvalue weighted by atomic mass is 10.0. The molecule has 0 aromatic heterocycles. The molecule has 0 aliphatic rings. The first-order valence-corrected chi connectivity index (χ1v) is 11.4. The number of halogens is 1. The average Bonchev–Trinajstić information content (AvgIpc) is 2.58. The number of unbranched alkanes of at least 4 members (excludes halogenated alkanes) is 13. The van der Waals surface area contributed by atoms with E-state index in [9.17, 15) is 4.79 Å². The van der Waals surface area contributed by atoms with Crippen LogP contribution in [0.5, 0.6) is 0 Å². The Kier molecular flexibility index (Phi) is 19.9. The fraction of sp³-hybridized carbons (Fsp3) is 0.955. The summed E-state index contributed by atoms with van der Waals surface area (Å²) in [5, 5.41) is 0.224. The topological polar surface area (TPSA) is 26.3 Å². The van der Waals surface area contributed by atoms with E-state index in [1.807, 2.05) is 6.92 Å². The Labute approximate surface area is 162 Å². The molecule has 0 rings (SSSR count). The van der Waals surface area contributed by atoms with Gasteiger partial charge in [0.25, 0.3) is 0 Å². The Hall–Kier alpha value is -0.240. The number of carbonyl (C=O) groups excluding carboxylic acids is 1. The molecular formula is C22H43ClO2. The van der Waals surface area contributed by atoms with Crippen molar-refractivity contribution >= 4 is 17.6 Å². The molecule has 0 fully saturated rings. The lowest BCUT2D eigenvalue weighted by molar-refractivity contribution is -0.143.